The summed E-state index contributed by atoms with van der Waals surface area (Å²) in [5.41, 5.74) is 0. The summed E-state index contributed by atoms with van der Waals surface area (Å²) in [5.74, 6) is 4.51. The van der Waals surface area contributed by atoms with E-state index in [1.807, 2.05) is 0 Å². The van der Waals surface area contributed by atoms with Gasteiger partial charge >= 0.3 is 0 Å². The van der Waals surface area contributed by atoms with Crippen LogP contribution in [0.5, 0.6) is 0 Å². The lowest BCUT2D eigenvalue weighted by Crippen LogP contribution is -2.05. The third-order valence-electron chi connectivity index (χ3n) is 4.19. The van der Waals surface area contributed by atoms with Gasteiger partial charge in [-0.1, -0.05) is 18.2 Å². The first-order valence-electron chi connectivity index (χ1n) is 5.65. The average molecular weight is 202 g/mol. The van der Waals surface area contributed by atoms with E-state index in [1.165, 1.54) is 4.90 Å². The molecule has 0 N–H and O–H groups in total. The predicted molar refractivity (Wildman–Crippen MR) is 59.3 cm³/mol. The maximum Gasteiger partial charge on any atom is 0.0157 e. The molecule has 0 spiro atoms. The summed E-state index contributed by atoms with van der Waals surface area (Å²) in [6.07, 6.45) is 3.09. The average Bonchev–Trinajstić information content (AvgIpc) is 3.10. The molecule has 0 heterocycles. The van der Waals surface area contributed by atoms with Crippen LogP contribution in [0.4, 0.5) is 0 Å². The summed E-state index contributed by atoms with van der Waals surface area (Å²) in [6.45, 7) is 0. The molecule has 0 nitrogen and oxygen atoms in total. The zero-order valence-corrected chi connectivity index (χ0v) is 8.91. The third-order valence-corrected chi connectivity index (χ3v) is 5.71. The number of benzene rings is 1. The van der Waals surface area contributed by atoms with E-state index in [0.29, 0.717) is 0 Å². The molecule has 4 unspecified atom stereocenters. The maximum atomic E-state index is 2.26. The van der Waals surface area contributed by atoms with Crippen molar-refractivity contribution in [1.82, 2.24) is 0 Å². The van der Waals surface area contributed by atoms with Crippen molar-refractivity contribution in [2.45, 2.75) is 23.0 Å². The molecule has 72 valence electrons. The molecular weight excluding hydrogens is 188 g/mol. The van der Waals surface area contributed by atoms with Crippen molar-refractivity contribution >= 4 is 11.8 Å². The molecule has 1 heteroatoms. The van der Waals surface area contributed by atoms with Crippen molar-refractivity contribution < 1.29 is 0 Å². The SMILES string of the molecule is c1ccc(SC2C3CC3C3CC32)cc1. The molecule has 0 radical (unpaired) electrons. The van der Waals surface area contributed by atoms with Crippen LogP contribution in [-0.2, 0) is 0 Å². The van der Waals surface area contributed by atoms with Gasteiger partial charge in [-0.05, 0) is 48.6 Å². The van der Waals surface area contributed by atoms with Crippen molar-refractivity contribution in [2.24, 2.45) is 23.7 Å². The van der Waals surface area contributed by atoms with E-state index < -0.39 is 0 Å². The molecule has 0 bridgehead atoms. The summed E-state index contributed by atoms with van der Waals surface area (Å²) in [7, 11) is 0. The first-order chi connectivity index (χ1) is 6.93. The van der Waals surface area contributed by atoms with Crippen molar-refractivity contribution in [1.29, 1.82) is 0 Å². The zero-order valence-electron chi connectivity index (χ0n) is 8.10. The molecule has 1 aromatic carbocycles. The van der Waals surface area contributed by atoms with E-state index in [1.54, 1.807) is 12.8 Å². The first kappa shape index (κ1) is 7.81. The highest BCUT2D eigenvalue weighted by Gasteiger charge is 2.67. The van der Waals surface area contributed by atoms with Gasteiger partial charge in [0.05, 0.1) is 0 Å². The molecule has 3 saturated carbocycles. The standard InChI is InChI=1S/C13H14S/c1-2-4-8(5-3-1)14-13-11-6-9(11)10-7-12(10)13/h1-5,9-13H,6-7H2. The predicted octanol–water partition coefficient (Wildman–Crippen LogP) is 3.43. The highest BCUT2D eigenvalue weighted by molar-refractivity contribution is 8.00. The molecule has 4 rings (SSSR count). The van der Waals surface area contributed by atoms with Crippen molar-refractivity contribution in [3.8, 4) is 0 Å². The summed E-state index contributed by atoms with van der Waals surface area (Å²) in [5, 5.41) is 0.979. The summed E-state index contributed by atoms with van der Waals surface area (Å²) < 4.78 is 0. The van der Waals surface area contributed by atoms with Gasteiger partial charge in [0.2, 0.25) is 0 Å². The quantitative estimate of drug-likeness (QED) is 0.708. The van der Waals surface area contributed by atoms with Gasteiger partial charge in [0, 0.05) is 10.1 Å². The Bertz CT molecular complexity index is 343. The minimum atomic E-state index is 0.979. The van der Waals surface area contributed by atoms with Crippen LogP contribution in [0.25, 0.3) is 0 Å². The second-order valence-corrected chi connectivity index (χ2v) is 6.27. The summed E-state index contributed by atoms with van der Waals surface area (Å²) >= 11 is 2.15. The molecule has 3 fully saturated rings. The Kier molecular flexibility index (Phi) is 1.44. The monoisotopic (exact) mass is 202 g/mol. The Hall–Kier alpha value is -0.430. The Morgan fingerprint density at radius 2 is 1.50 bits per heavy atom. The second-order valence-electron chi connectivity index (χ2n) is 5.02. The van der Waals surface area contributed by atoms with Crippen LogP contribution in [0, 0.1) is 23.7 Å². The fourth-order valence-corrected chi connectivity index (χ4v) is 4.96. The van der Waals surface area contributed by atoms with Gasteiger partial charge in [-0.25, -0.2) is 0 Å². The first-order valence-corrected chi connectivity index (χ1v) is 6.53. The molecule has 4 atom stereocenters. The zero-order chi connectivity index (χ0) is 9.12. The van der Waals surface area contributed by atoms with E-state index in [0.717, 1.165) is 28.9 Å². The van der Waals surface area contributed by atoms with Gasteiger partial charge < -0.3 is 0 Å². The maximum absolute atomic E-state index is 2.26. The molecule has 0 saturated heterocycles. The fraction of sp³-hybridized carbons (Fsp3) is 0.538. The lowest BCUT2D eigenvalue weighted by molar-refractivity contribution is 0.709. The van der Waals surface area contributed by atoms with Crippen LogP contribution in [0.1, 0.15) is 12.8 Å². The van der Waals surface area contributed by atoms with Crippen LogP contribution in [0.3, 0.4) is 0 Å². The summed E-state index contributed by atoms with van der Waals surface area (Å²) in [4.78, 5) is 1.48. The van der Waals surface area contributed by atoms with E-state index in [-0.39, 0.29) is 0 Å². The minimum Gasteiger partial charge on any atom is -0.122 e. The van der Waals surface area contributed by atoms with E-state index in [9.17, 15) is 0 Å². The largest absolute Gasteiger partial charge is 0.122 e. The van der Waals surface area contributed by atoms with Gasteiger partial charge in [0.1, 0.15) is 0 Å². The Balaban J connectivity index is 1.55. The van der Waals surface area contributed by atoms with Crippen LogP contribution in [0.15, 0.2) is 35.2 Å². The molecule has 1 aromatic rings. The van der Waals surface area contributed by atoms with Gasteiger partial charge in [-0.15, -0.1) is 11.8 Å². The van der Waals surface area contributed by atoms with Gasteiger partial charge in [0.15, 0.2) is 0 Å². The number of thioether (sulfide) groups is 1. The minimum absolute atomic E-state index is 0.979. The lowest BCUT2D eigenvalue weighted by Gasteiger charge is -2.12. The highest BCUT2D eigenvalue weighted by Crippen LogP contribution is 2.72. The molecule has 0 amide bonds. The molecule has 0 aromatic heterocycles. The molecular formula is C13H14S. The van der Waals surface area contributed by atoms with Crippen LogP contribution in [-0.4, -0.2) is 5.25 Å². The Morgan fingerprint density at radius 1 is 0.857 bits per heavy atom. The number of fused-ring (bicyclic) bond motifs is 3. The normalized spacial score (nSPS) is 47.0. The molecule has 3 aliphatic rings. The summed E-state index contributed by atoms with van der Waals surface area (Å²) in [6, 6.07) is 11.0. The van der Waals surface area contributed by atoms with Gasteiger partial charge in [-0.3, -0.25) is 0 Å². The number of hydrogen-bond acceptors (Lipinski definition) is 1. The third kappa shape index (κ3) is 1.02. The molecule has 0 aliphatic heterocycles. The topological polar surface area (TPSA) is 0 Å². The Morgan fingerprint density at radius 3 is 2.14 bits per heavy atom. The second kappa shape index (κ2) is 2.57. The smallest absolute Gasteiger partial charge is 0.0157 e. The molecule has 14 heavy (non-hydrogen) atoms. The lowest BCUT2D eigenvalue weighted by atomic mass is 10.2. The van der Waals surface area contributed by atoms with Gasteiger partial charge in [-0.2, -0.15) is 0 Å². The van der Waals surface area contributed by atoms with E-state index >= 15 is 0 Å². The van der Waals surface area contributed by atoms with E-state index in [2.05, 4.69) is 42.1 Å². The van der Waals surface area contributed by atoms with Crippen LogP contribution < -0.4 is 0 Å². The van der Waals surface area contributed by atoms with Gasteiger partial charge in [0.25, 0.3) is 0 Å². The van der Waals surface area contributed by atoms with Crippen LogP contribution in [0.2, 0.25) is 0 Å². The van der Waals surface area contributed by atoms with Crippen molar-refractivity contribution in [3.63, 3.8) is 0 Å². The Labute approximate surface area is 89.1 Å². The van der Waals surface area contributed by atoms with Crippen LogP contribution >= 0.6 is 11.8 Å². The highest BCUT2D eigenvalue weighted by atomic mass is 32.2. The van der Waals surface area contributed by atoms with Crippen molar-refractivity contribution in [3.05, 3.63) is 30.3 Å². The number of hydrogen-bond donors (Lipinski definition) is 0. The fourth-order valence-electron chi connectivity index (χ4n) is 3.36. The number of rotatable bonds is 2. The van der Waals surface area contributed by atoms with E-state index in [4.69, 9.17) is 0 Å². The molecule has 3 aliphatic carbocycles. The van der Waals surface area contributed by atoms with Crippen molar-refractivity contribution in [2.75, 3.05) is 0 Å².